The highest BCUT2D eigenvalue weighted by atomic mass is 16.4. The number of carboxylic acids is 1. The van der Waals surface area contributed by atoms with Crippen molar-refractivity contribution in [1.82, 2.24) is 0 Å². The van der Waals surface area contributed by atoms with Crippen LogP contribution in [-0.4, -0.2) is 16.6 Å². The molecule has 0 aromatic heterocycles. The van der Waals surface area contributed by atoms with Crippen LogP contribution < -0.4 is 0 Å². The van der Waals surface area contributed by atoms with Gasteiger partial charge in [0.1, 0.15) is 0 Å². The minimum atomic E-state index is -0.954. The number of carbonyl (C=O) groups is 1. The molecule has 0 bridgehead atoms. The van der Waals surface area contributed by atoms with Crippen LogP contribution in [0.4, 0.5) is 0 Å². The van der Waals surface area contributed by atoms with Crippen molar-refractivity contribution in [1.29, 1.82) is 0 Å². The van der Waals surface area contributed by atoms with E-state index in [4.69, 9.17) is 5.11 Å². The Labute approximate surface area is 53.6 Å². The van der Waals surface area contributed by atoms with Gasteiger partial charge in [-0.1, -0.05) is 12.7 Å². The highest BCUT2D eigenvalue weighted by Gasteiger charge is 1.97. The van der Waals surface area contributed by atoms with Crippen LogP contribution in [0.5, 0.6) is 0 Å². The minimum absolute atomic E-state index is 0. The van der Waals surface area contributed by atoms with Gasteiger partial charge in [-0.25, -0.2) is 4.79 Å². The van der Waals surface area contributed by atoms with Gasteiger partial charge in [-0.05, 0) is 6.42 Å². The minimum Gasteiger partial charge on any atom is -0.478 e. The summed E-state index contributed by atoms with van der Waals surface area (Å²) < 4.78 is 0. The molecular weight excluding hydrogens is 120 g/mol. The van der Waals surface area contributed by atoms with Gasteiger partial charge in [0.05, 0.1) is 0 Å². The standard InChI is InChI=1S/C6H8O2.H2O/c1-3-4-5(2)6(7)8;/h3H,1-2,4H2,(H,7,8);1H2. The molecule has 0 atom stereocenters. The molecule has 3 nitrogen and oxygen atoms in total. The first kappa shape index (κ1) is 10.8. The number of hydrogen-bond donors (Lipinski definition) is 1. The molecule has 0 fully saturated rings. The largest absolute Gasteiger partial charge is 0.478 e. The molecule has 0 aromatic carbocycles. The number of carboxylic acid groups (broad SMARTS) is 1. The molecule has 0 aliphatic heterocycles. The van der Waals surface area contributed by atoms with E-state index in [1.165, 1.54) is 6.08 Å². The van der Waals surface area contributed by atoms with Gasteiger partial charge in [0.15, 0.2) is 0 Å². The summed E-state index contributed by atoms with van der Waals surface area (Å²) in [5.41, 5.74) is 0.181. The first-order chi connectivity index (χ1) is 3.68. The third kappa shape index (κ3) is 4.77. The Morgan fingerprint density at radius 1 is 1.67 bits per heavy atom. The van der Waals surface area contributed by atoms with E-state index in [1.54, 1.807) is 0 Å². The summed E-state index contributed by atoms with van der Waals surface area (Å²) in [5.74, 6) is -0.954. The van der Waals surface area contributed by atoms with E-state index in [2.05, 4.69) is 13.2 Å². The van der Waals surface area contributed by atoms with Crippen molar-refractivity contribution < 1.29 is 15.4 Å². The summed E-state index contributed by atoms with van der Waals surface area (Å²) in [6, 6.07) is 0. The lowest BCUT2D eigenvalue weighted by molar-refractivity contribution is -0.132. The second kappa shape index (κ2) is 5.05. The van der Waals surface area contributed by atoms with Gasteiger partial charge in [0, 0.05) is 5.57 Å². The van der Waals surface area contributed by atoms with E-state index < -0.39 is 5.97 Å². The van der Waals surface area contributed by atoms with Crippen LogP contribution in [0.25, 0.3) is 0 Å². The SMILES string of the molecule is C=CCC(=C)C(=O)O.O. The van der Waals surface area contributed by atoms with Gasteiger partial charge >= 0.3 is 5.97 Å². The number of rotatable bonds is 3. The van der Waals surface area contributed by atoms with Gasteiger partial charge in [-0.2, -0.15) is 0 Å². The number of aliphatic carboxylic acids is 1. The summed E-state index contributed by atoms with van der Waals surface area (Å²) in [4.78, 5) is 9.94. The molecule has 0 spiro atoms. The molecule has 0 radical (unpaired) electrons. The summed E-state index contributed by atoms with van der Waals surface area (Å²) in [6.45, 7) is 6.63. The van der Waals surface area contributed by atoms with Crippen molar-refractivity contribution in [3.63, 3.8) is 0 Å². The highest BCUT2D eigenvalue weighted by Crippen LogP contribution is 1.95. The van der Waals surface area contributed by atoms with E-state index in [9.17, 15) is 4.79 Å². The van der Waals surface area contributed by atoms with E-state index in [0.29, 0.717) is 6.42 Å². The van der Waals surface area contributed by atoms with Crippen LogP contribution in [0, 0.1) is 0 Å². The Morgan fingerprint density at radius 3 is 2.22 bits per heavy atom. The zero-order valence-electron chi connectivity index (χ0n) is 5.05. The van der Waals surface area contributed by atoms with Gasteiger partial charge < -0.3 is 10.6 Å². The highest BCUT2D eigenvalue weighted by molar-refractivity contribution is 5.85. The van der Waals surface area contributed by atoms with E-state index in [1.807, 2.05) is 0 Å². The third-order valence-electron chi connectivity index (χ3n) is 0.693. The van der Waals surface area contributed by atoms with Crippen LogP contribution in [0.15, 0.2) is 24.8 Å². The van der Waals surface area contributed by atoms with Gasteiger partial charge in [0.25, 0.3) is 0 Å². The van der Waals surface area contributed by atoms with Crippen LogP contribution in [0.2, 0.25) is 0 Å². The van der Waals surface area contributed by atoms with Crippen LogP contribution >= 0.6 is 0 Å². The fraction of sp³-hybridized carbons (Fsp3) is 0.167. The monoisotopic (exact) mass is 130 g/mol. The molecular formula is C6H10O3. The summed E-state index contributed by atoms with van der Waals surface area (Å²) in [6.07, 6.45) is 1.87. The molecule has 0 heterocycles. The van der Waals surface area contributed by atoms with Crippen molar-refractivity contribution in [3.8, 4) is 0 Å². The molecule has 0 rings (SSSR count). The summed E-state index contributed by atoms with van der Waals surface area (Å²) in [5, 5.41) is 8.17. The molecule has 0 aliphatic rings. The van der Waals surface area contributed by atoms with E-state index in [-0.39, 0.29) is 11.0 Å². The lowest BCUT2D eigenvalue weighted by atomic mass is 10.2. The van der Waals surface area contributed by atoms with Crippen molar-refractivity contribution in [2.24, 2.45) is 0 Å². The fourth-order valence-electron chi connectivity index (χ4n) is 0.262. The maximum Gasteiger partial charge on any atom is 0.331 e. The Kier molecular flexibility index (Phi) is 6.07. The third-order valence-corrected chi connectivity index (χ3v) is 0.693. The topological polar surface area (TPSA) is 68.8 Å². The lowest BCUT2D eigenvalue weighted by Crippen LogP contribution is -1.96. The first-order valence-electron chi connectivity index (χ1n) is 2.20. The van der Waals surface area contributed by atoms with Gasteiger partial charge in [-0.3, -0.25) is 0 Å². The van der Waals surface area contributed by atoms with Crippen LogP contribution in [0.1, 0.15) is 6.42 Å². The van der Waals surface area contributed by atoms with Crippen molar-refractivity contribution >= 4 is 5.97 Å². The van der Waals surface area contributed by atoms with Crippen molar-refractivity contribution in [2.45, 2.75) is 6.42 Å². The maximum absolute atomic E-state index is 9.94. The molecule has 0 unspecified atom stereocenters. The second-order valence-corrected chi connectivity index (χ2v) is 1.40. The Morgan fingerprint density at radius 2 is 2.11 bits per heavy atom. The summed E-state index contributed by atoms with van der Waals surface area (Å²) in [7, 11) is 0. The lowest BCUT2D eigenvalue weighted by Gasteiger charge is -1.89. The van der Waals surface area contributed by atoms with Crippen molar-refractivity contribution in [3.05, 3.63) is 24.8 Å². The summed E-state index contributed by atoms with van der Waals surface area (Å²) >= 11 is 0. The normalized spacial score (nSPS) is 7.11. The zero-order chi connectivity index (χ0) is 6.57. The Hall–Kier alpha value is -1.09. The van der Waals surface area contributed by atoms with Crippen LogP contribution in [-0.2, 0) is 4.79 Å². The molecule has 0 aromatic rings. The van der Waals surface area contributed by atoms with Gasteiger partial charge in [-0.15, -0.1) is 6.58 Å². The average molecular weight is 130 g/mol. The molecule has 0 saturated carbocycles. The molecule has 0 aliphatic carbocycles. The molecule has 3 heteroatoms. The molecule has 9 heavy (non-hydrogen) atoms. The van der Waals surface area contributed by atoms with Gasteiger partial charge in [0.2, 0.25) is 0 Å². The second-order valence-electron chi connectivity index (χ2n) is 1.40. The van der Waals surface area contributed by atoms with Crippen molar-refractivity contribution in [2.75, 3.05) is 0 Å². The maximum atomic E-state index is 9.94. The first-order valence-corrected chi connectivity index (χ1v) is 2.20. The zero-order valence-corrected chi connectivity index (χ0v) is 5.05. The smallest absolute Gasteiger partial charge is 0.331 e. The molecule has 0 amide bonds. The van der Waals surface area contributed by atoms with Crippen LogP contribution in [0.3, 0.4) is 0 Å². The fourth-order valence-corrected chi connectivity index (χ4v) is 0.262. The average Bonchev–Trinajstić information content (AvgIpc) is 1.67. The Bertz CT molecular complexity index is 126. The predicted molar refractivity (Wildman–Crippen MR) is 35.2 cm³/mol. The number of hydrogen-bond acceptors (Lipinski definition) is 1. The predicted octanol–water partition coefficient (Wildman–Crippen LogP) is 0.379. The van der Waals surface area contributed by atoms with E-state index in [0.717, 1.165) is 0 Å². The quantitative estimate of drug-likeness (QED) is 0.443. The van der Waals surface area contributed by atoms with E-state index >= 15 is 0 Å². The molecule has 3 N–H and O–H groups in total. The Balaban J connectivity index is 0. The number of allylic oxidation sites excluding steroid dienone is 1. The molecule has 0 saturated heterocycles. The molecule has 52 valence electrons.